The Balaban J connectivity index is 2.14. The van der Waals surface area contributed by atoms with E-state index >= 15 is 0 Å². The SMILES string of the molecule is CC(CC(CC(=O)C(C)C)c1ccccc1)=C1CCC1. The third kappa shape index (κ3) is 3.82. The average Bonchev–Trinajstić information content (AvgIpc) is 2.36. The highest BCUT2D eigenvalue weighted by atomic mass is 16.1. The Kier molecular flexibility index (Phi) is 5.17. The third-order valence-electron chi connectivity index (χ3n) is 4.48. The van der Waals surface area contributed by atoms with Gasteiger partial charge in [-0.2, -0.15) is 0 Å². The molecule has 1 fully saturated rings. The number of hydrogen-bond donors (Lipinski definition) is 0. The molecule has 0 saturated heterocycles. The van der Waals surface area contributed by atoms with Crippen LogP contribution in [0.25, 0.3) is 0 Å². The van der Waals surface area contributed by atoms with Crippen LogP contribution in [0.15, 0.2) is 41.5 Å². The van der Waals surface area contributed by atoms with Gasteiger partial charge in [-0.25, -0.2) is 0 Å². The van der Waals surface area contributed by atoms with Crippen LogP contribution < -0.4 is 0 Å². The molecule has 0 aliphatic heterocycles. The van der Waals surface area contributed by atoms with E-state index in [1.807, 2.05) is 19.9 Å². The number of hydrogen-bond acceptors (Lipinski definition) is 1. The monoisotopic (exact) mass is 270 g/mol. The van der Waals surface area contributed by atoms with Gasteiger partial charge in [-0.05, 0) is 44.1 Å². The molecule has 108 valence electrons. The molecule has 20 heavy (non-hydrogen) atoms. The van der Waals surface area contributed by atoms with Crippen molar-refractivity contribution >= 4 is 5.78 Å². The van der Waals surface area contributed by atoms with Crippen molar-refractivity contribution in [2.75, 3.05) is 0 Å². The first-order chi connectivity index (χ1) is 9.58. The predicted molar refractivity (Wildman–Crippen MR) is 84.8 cm³/mol. The van der Waals surface area contributed by atoms with Crippen LogP contribution in [0.3, 0.4) is 0 Å². The van der Waals surface area contributed by atoms with Crippen LogP contribution in [0.4, 0.5) is 0 Å². The van der Waals surface area contributed by atoms with Gasteiger partial charge in [-0.1, -0.05) is 55.3 Å². The van der Waals surface area contributed by atoms with Crippen molar-refractivity contribution in [3.05, 3.63) is 47.0 Å². The number of rotatable bonds is 6. The van der Waals surface area contributed by atoms with Gasteiger partial charge in [0.1, 0.15) is 5.78 Å². The van der Waals surface area contributed by atoms with Crippen LogP contribution in [0.2, 0.25) is 0 Å². The number of carbonyl (C=O) groups is 1. The Bertz CT molecular complexity index is 476. The van der Waals surface area contributed by atoms with Gasteiger partial charge in [-0.3, -0.25) is 4.79 Å². The zero-order chi connectivity index (χ0) is 14.5. The lowest BCUT2D eigenvalue weighted by molar-refractivity contribution is -0.122. The fourth-order valence-corrected chi connectivity index (χ4v) is 2.81. The molecule has 1 nitrogen and oxygen atoms in total. The van der Waals surface area contributed by atoms with Gasteiger partial charge >= 0.3 is 0 Å². The predicted octanol–water partition coefficient (Wildman–Crippen LogP) is 5.28. The first-order valence-corrected chi connectivity index (χ1v) is 7.83. The molecule has 0 radical (unpaired) electrons. The molecule has 1 aromatic carbocycles. The number of allylic oxidation sites excluding steroid dienone is 2. The summed E-state index contributed by atoms with van der Waals surface area (Å²) >= 11 is 0. The average molecular weight is 270 g/mol. The molecule has 0 bridgehead atoms. The summed E-state index contributed by atoms with van der Waals surface area (Å²) in [6.45, 7) is 6.26. The van der Waals surface area contributed by atoms with Crippen LogP contribution in [-0.2, 0) is 4.79 Å². The molecular formula is C19H26O. The third-order valence-corrected chi connectivity index (χ3v) is 4.48. The molecule has 2 rings (SSSR count). The Morgan fingerprint density at radius 1 is 1.10 bits per heavy atom. The summed E-state index contributed by atoms with van der Waals surface area (Å²) in [5, 5.41) is 0. The van der Waals surface area contributed by atoms with E-state index in [1.165, 1.54) is 30.4 Å². The maximum Gasteiger partial charge on any atom is 0.136 e. The smallest absolute Gasteiger partial charge is 0.136 e. The molecule has 1 aromatic rings. The van der Waals surface area contributed by atoms with Gasteiger partial charge < -0.3 is 0 Å². The van der Waals surface area contributed by atoms with Crippen LogP contribution in [0.5, 0.6) is 0 Å². The van der Waals surface area contributed by atoms with Crippen molar-refractivity contribution in [1.29, 1.82) is 0 Å². The van der Waals surface area contributed by atoms with E-state index in [0.29, 0.717) is 18.1 Å². The van der Waals surface area contributed by atoms with Gasteiger partial charge in [0.25, 0.3) is 0 Å². The Hall–Kier alpha value is -1.37. The zero-order valence-electron chi connectivity index (χ0n) is 13.0. The Morgan fingerprint density at radius 3 is 2.25 bits per heavy atom. The Morgan fingerprint density at radius 2 is 1.75 bits per heavy atom. The van der Waals surface area contributed by atoms with Crippen molar-refractivity contribution in [3.63, 3.8) is 0 Å². The van der Waals surface area contributed by atoms with Gasteiger partial charge in [0.15, 0.2) is 0 Å². The van der Waals surface area contributed by atoms with Gasteiger partial charge in [-0.15, -0.1) is 0 Å². The maximum absolute atomic E-state index is 12.1. The standard InChI is InChI=1S/C19H26O/c1-14(2)19(20)13-18(17-8-5-4-6-9-17)12-15(3)16-10-7-11-16/h4-6,8-9,14,18H,7,10-13H2,1-3H3. The van der Waals surface area contributed by atoms with E-state index in [9.17, 15) is 4.79 Å². The highest BCUT2D eigenvalue weighted by Crippen LogP contribution is 2.35. The van der Waals surface area contributed by atoms with Crippen molar-refractivity contribution < 1.29 is 4.79 Å². The largest absolute Gasteiger partial charge is 0.299 e. The normalized spacial score (nSPS) is 15.9. The van der Waals surface area contributed by atoms with E-state index in [-0.39, 0.29) is 5.92 Å². The summed E-state index contributed by atoms with van der Waals surface area (Å²) in [5.74, 6) is 0.863. The van der Waals surface area contributed by atoms with Crippen LogP contribution in [0.1, 0.15) is 64.4 Å². The van der Waals surface area contributed by atoms with Crippen molar-refractivity contribution in [2.45, 2.75) is 58.8 Å². The minimum atomic E-state index is 0.137. The summed E-state index contributed by atoms with van der Waals surface area (Å²) < 4.78 is 0. The fourth-order valence-electron chi connectivity index (χ4n) is 2.81. The maximum atomic E-state index is 12.1. The fraction of sp³-hybridized carbons (Fsp3) is 0.526. The van der Waals surface area contributed by atoms with E-state index in [0.717, 1.165) is 6.42 Å². The van der Waals surface area contributed by atoms with Crippen molar-refractivity contribution in [1.82, 2.24) is 0 Å². The molecule has 1 heteroatoms. The summed E-state index contributed by atoms with van der Waals surface area (Å²) in [6.07, 6.45) is 5.59. The number of carbonyl (C=O) groups excluding carboxylic acids is 1. The molecule has 0 aromatic heterocycles. The number of benzene rings is 1. The van der Waals surface area contributed by atoms with Gasteiger partial charge in [0.05, 0.1) is 0 Å². The molecule has 1 saturated carbocycles. The highest BCUT2D eigenvalue weighted by Gasteiger charge is 2.20. The number of Topliss-reactive ketones (excluding diaryl/α,β-unsaturated/α-hetero) is 1. The number of ketones is 1. The lowest BCUT2D eigenvalue weighted by Gasteiger charge is -2.24. The van der Waals surface area contributed by atoms with E-state index in [4.69, 9.17) is 0 Å². The minimum absolute atomic E-state index is 0.137. The summed E-state index contributed by atoms with van der Waals surface area (Å²) in [7, 11) is 0. The molecule has 0 amide bonds. The quantitative estimate of drug-likeness (QED) is 0.643. The van der Waals surface area contributed by atoms with Crippen molar-refractivity contribution in [3.8, 4) is 0 Å². The van der Waals surface area contributed by atoms with Crippen LogP contribution in [-0.4, -0.2) is 5.78 Å². The Labute approximate surface area is 123 Å². The molecular weight excluding hydrogens is 244 g/mol. The lowest BCUT2D eigenvalue weighted by Crippen LogP contribution is -2.14. The van der Waals surface area contributed by atoms with E-state index < -0.39 is 0 Å². The summed E-state index contributed by atoms with van der Waals surface area (Å²) in [6, 6.07) is 10.5. The van der Waals surface area contributed by atoms with Crippen LogP contribution >= 0.6 is 0 Å². The van der Waals surface area contributed by atoms with E-state index in [2.05, 4.69) is 31.2 Å². The minimum Gasteiger partial charge on any atom is -0.299 e. The molecule has 0 N–H and O–H groups in total. The summed E-state index contributed by atoms with van der Waals surface area (Å²) in [4.78, 5) is 12.1. The molecule has 1 atom stereocenters. The first kappa shape index (κ1) is 15.0. The van der Waals surface area contributed by atoms with Gasteiger partial charge in [0.2, 0.25) is 0 Å². The first-order valence-electron chi connectivity index (χ1n) is 7.83. The second-order valence-corrected chi connectivity index (χ2v) is 6.37. The second-order valence-electron chi connectivity index (χ2n) is 6.37. The van der Waals surface area contributed by atoms with Crippen LogP contribution in [0, 0.1) is 5.92 Å². The summed E-state index contributed by atoms with van der Waals surface area (Å²) in [5.41, 5.74) is 4.45. The van der Waals surface area contributed by atoms with Gasteiger partial charge in [0, 0.05) is 12.3 Å². The second kappa shape index (κ2) is 6.88. The lowest BCUT2D eigenvalue weighted by atomic mass is 9.81. The molecule has 1 aliphatic carbocycles. The molecule has 1 aliphatic rings. The van der Waals surface area contributed by atoms with E-state index in [1.54, 1.807) is 5.57 Å². The highest BCUT2D eigenvalue weighted by molar-refractivity contribution is 5.81. The topological polar surface area (TPSA) is 17.1 Å². The molecule has 0 spiro atoms. The molecule has 0 heterocycles. The zero-order valence-corrected chi connectivity index (χ0v) is 13.0. The molecule has 1 unspecified atom stereocenters. The van der Waals surface area contributed by atoms with Crippen molar-refractivity contribution in [2.24, 2.45) is 5.92 Å².